The minimum atomic E-state index is 0.0351. The van der Waals surface area contributed by atoms with Crippen molar-refractivity contribution >= 4 is 17.5 Å². The number of nitrogens with zero attached hydrogens (tertiary/aromatic N) is 2. The Balaban J connectivity index is 1.49. The van der Waals surface area contributed by atoms with E-state index >= 15 is 0 Å². The van der Waals surface area contributed by atoms with E-state index in [1.165, 1.54) is 19.3 Å². The van der Waals surface area contributed by atoms with Gasteiger partial charge < -0.3 is 19.9 Å². The predicted octanol–water partition coefficient (Wildman–Crippen LogP) is 2.36. The summed E-state index contributed by atoms with van der Waals surface area (Å²) in [5, 5.41) is 3.17. The number of anilines is 1. The Morgan fingerprint density at radius 3 is 2.42 bits per heavy atom. The molecule has 1 aromatic carbocycles. The van der Waals surface area contributed by atoms with Crippen molar-refractivity contribution in [3.8, 4) is 0 Å². The predicted molar refractivity (Wildman–Crippen MR) is 101 cm³/mol. The molecule has 0 spiro atoms. The molecule has 6 nitrogen and oxygen atoms in total. The topological polar surface area (TPSA) is 61.9 Å². The Bertz CT molecular complexity index is 605. The zero-order valence-electron chi connectivity index (χ0n) is 15.6. The summed E-state index contributed by atoms with van der Waals surface area (Å²) < 4.78 is 5.28. The van der Waals surface area contributed by atoms with Gasteiger partial charge in [0.1, 0.15) is 0 Å². The van der Waals surface area contributed by atoms with Crippen LogP contribution in [0.1, 0.15) is 42.5 Å². The largest absolute Gasteiger partial charge is 0.378 e. The molecule has 2 amide bonds. The number of carbonyl (C=O) groups is 2. The molecule has 1 N–H and O–H groups in total. The van der Waals surface area contributed by atoms with E-state index in [0.717, 1.165) is 18.5 Å². The van der Waals surface area contributed by atoms with E-state index in [1.54, 1.807) is 0 Å². The van der Waals surface area contributed by atoms with Crippen LogP contribution in [0.2, 0.25) is 0 Å². The SMILES string of the molecule is CN(C(=O)CNc1ccc(C(=O)N2CCOCC2)cc1)C1CCCCC1. The molecule has 1 heterocycles. The van der Waals surface area contributed by atoms with Crippen molar-refractivity contribution in [2.45, 2.75) is 38.1 Å². The number of hydrogen-bond donors (Lipinski definition) is 1. The van der Waals surface area contributed by atoms with Crippen molar-refractivity contribution in [2.24, 2.45) is 0 Å². The second-order valence-corrected chi connectivity index (χ2v) is 7.13. The van der Waals surface area contributed by atoms with Crippen molar-refractivity contribution in [3.63, 3.8) is 0 Å². The normalized spacial score (nSPS) is 18.4. The molecule has 0 atom stereocenters. The summed E-state index contributed by atoms with van der Waals surface area (Å²) in [5.74, 6) is 0.151. The van der Waals surface area contributed by atoms with Crippen LogP contribution in [0, 0.1) is 0 Å². The highest BCUT2D eigenvalue weighted by Gasteiger charge is 2.22. The van der Waals surface area contributed by atoms with Crippen LogP contribution in [0.3, 0.4) is 0 Å². The minimum absolute atomic E-state index is 0.0351. The number of amides is 2. The maximum absolute atomic E-state index is 12.4. The molecule has 26 heavy (non-hydrogen) atoms. The van der Waals surface area contributed by atoms with Crippen molar-refractivity contribution in [2.75, 3.05) is 45.2 Å². The third-order valence-corrected chi connectivity index (χ3v) is 5.39. The molecule has 1 saturated carbocycles. The summed E-state index contributed by atoms with van der Waals surface area (Å²) in [5.41, 5.74) is 1.53. The monoisotopic (exact) mass is 359 g/mol. The fourth-order valence-electron chi connectivity index (χ4n) is 3.65. The highest BCUT2D eigenvalue weighted by molar-refractivity contribution is 5.94. The molecule has 3 rings (SSSR count). The first kappa shape index (κ1) is 18.7. The van der Waals surface area contributed by atoms with Crippen LogP contribution >= 0.6 is 0 Å². The average molecular weight is 359 g/mol. The van der Waals surface area contributed by atoms with Crippen LogP contribution in [0.5, 0.6) is 0 Å². The number of benzene rings is 1. The van der Waals surface area contributed by atoms with E-state index in [-0.39, 0.29) is 18.4 Å². The number of morpholine rings is 1. The second-order valence-electron chi connectivity index (χ2n) is 7.13. The van der Waals surface area contributed by atoms with Crippen molar-refractivity contribution < 1.29 is 14.3 Å². The van der Waals surface area contributed by atoms with Crippen LogP contribution in [0.4, 0.5) is 5.69 Å². The smallest absolute Gasteiger partial charge is 0.254 e. The van der Waals surface area contributed by atoms with E-state index in [4.69, 9.17) is 4.74 Å². The standard InChI is InChI=1S/C20H29N3O3/c1-22(18-5-3-2-4-6-18)19(24)15-21-17-9-7-16(8-10-17)20(25)23-11-13-26-14-12-23/h7-10,18,21H,2-6,11-15H2,1H3. The molecule has 6 heteroatoms. The average Bonchev–Trinajstić information content (AvgIpc) is 2.72. The van der Waals surface area contributed by atoms with Gasteiger partial charge in [0.2, 0.25) is 5.91 Å². The molecular weight excluding hydrogens is 330 g/mol. The van der Waals surface area contributed by atoms with Gasteiger partial charge >= 0.3 is 0 Å². The van der Waals surface area contributed by atoms with Gasteiger partial charge in [-0.15, -0.1) is 0 Å². The number of nitrogens with one attached hydrogen (secondary N) is 1. The number of carbonyl (C=O) groups excluding carboxylic acids is 2. The Morgan fingerprint density at radius 2 is 1.77 bits per heavy atom. The molecule has 0 bridgehead atoms. The molecule has 142 valence electrons. The van der Waals surface area contributed by atoms with E-state index in [9.17, 15) is 9.59 Å². The number of rotatable bonds is 5. The Morgan fingerprint density at radius 1 is 1.12 bits per heavy atom. The quantitative estimate of drug-likeness (QED) is 0.877. The van der Waals surface area contributed by atoms with Crippen molar-refractivity contribution in [1.82, 2.24) is 9.80 Å². The van der Waals surface area contributed by atoms with E-state index in [2.05, 4.69) is 5.32 Å². The molecule has 0 aromatic heterocycles. The van der Waals surface area contributed by atoms with Crippen LogP contribution in [0.15, 0.2) is 24.3 Å². The van der Waals surface area contributed by atoms with E-state index in [0.29, 0.717) is 37.9 Å². The van der Waals surface area contributed by atoms with Gasteiger partial charge in [0.25, 0.3) is 5.91 Å². The van der Waals surface area contributed by atoms with Crippen LogP contribution < -0.4 is 5.32 Å². The van der Waals surface area contributed by atoms with Gasteiger partial charge in [-0.1, -0.05) is 19.3 Å². The maximum atomic E-state index is 12.4. The van der Waals surface area contributed by atoms with Crippen molar-refractivity contribution in [1.29, 1.82) is 0 Å². The Hall–Kier alpha value is -2.08. The molecule has 1 aliphatic carbocycles. The third kappa shape index (κ3) is 4.75. The third-order valence-electron chi connectivity index (χ3n) is 5.39. The summed E-state index contributed by atoms with van der Waals surface area (Å²) >= 11 is 0. The highest BCUT2D eigenvalue weighted by Crippen LogP contribution is 2.21. The first-order valence-corrected chi connectivity index (χ1v) is 9.62. The summed E-state index contributed by atoms with van der Waals surface area (Å²) in [7, 11) is 1.91. The molecule has 1 aliphatic heterocycles. The summed E-state index contributed by atoms with van der Waals surface area (Å²) in [6.07, 6.45) is 5.94. The first-order valence-electron chi connectivity index (χ1n) is 9.62. The van der Waals surface area contributed by atoms with Gasteiger partial charge in [0.05, 0.1) is 19.8 Å². The molecule has 1 saturated heterocycles. The molecule has 2 aliphatic rings. The summed E-state index contributed by atoms with van der Waals surface area (Å²) in [4.78, 5) is 28.5. The van der Waals surface area contributed by atoms with E-state index in [1.807, 2.05) is 41.1 Å². The first-order chi connectivity index (χ1) is 12.6. The molecular formula is C20H29N3O3. The fraction of sp³-hybridized carbons (Fsp3) is 0.600. The highest BCUT2D eigenvalue weighted by atomic mass is 16.5. The van der Waals surface area contributed by atoms with Gasteiger partial charge in [-0.2, -0.15) is 0 Å². The summed E-state index contributed by atoms with van der Waals surface area (Å²) in [6, 6.07) is 7.74. The van der Waals surface area contributed by atoms with Crippen LogP contribution in [0.25, 0.3) is 0 Å². The molecule has 1 aromatic rings. The van der Waals surface area contributed by atoms with Crippen LogP contribution in [-0.2, 0) is 9.53 Å². The summed E-state index contributed by atoms with van der Waals surface area (Å²) in [6.45, 7) is 2.76. The lowest BCUT2D eigenvalue weighted by Crippen LogP contribution is -2.41. The number of ether oxygens (including phenoxy) is 1. The lowest BCUT2D eigenvalue weighted by Gasteiger charge is -2.31. The Labute approximate surface area is 155 Å². The van der Waals surface area contributed by atoms with Gasteiger partial charge in [0, 0.05) is 37.4 Å². The van der Waals surface area contributed by atoms with Gasteiger partial charge in [-0.05, 0) is 37.1 Å². The zero-order valence-corrected chi connectivity index (χ0v) is 15.6. The molecule has 2 fully saturated rings. The fourth-order valence-corrected chi connectivity index (χ4v) is 3.65. The van der Waals surface area contributed by atoms with E-state index < -0.39 is 0 Å². The lowest BCUT2D eigenvalue weighted by molar-refractivity contribution is -0.130. The zero-order chi connectivity index (χ0) is 18.4. The van der Waals surface area contributed by atoms with Crippen LogP contribution in [-0.4, -0.2) is 67.6 Å². The van der Waals surface area contributed by atoms with Gasteiger partial charge in [-0.25, -0.2) is 0 Å². The Kier molecular flexibility index (Phi) is 6.50. The number of likely N-dealkylation sites (N-methyl/N-ethyl adjacent to an activating group) is 1. The molecule has 0 unspecified atom stereocenters. The second kappa shape index (κ2) is 9.03. The van der Waals surface area contributed by atoms with Crippen molar-refractivity contribution in [3.05, 3.63) is 29.8 Å². The molecule has 0 radical (unpaired) electrons. The number of hydrogen-bond acceptors (Lipinski definition) is 4. The lowest BCUT2D eigenvalue weighted by atomic mass is 9.94. The maximum Gasteiger partial charge on any atom is 0.254 e. The minimum Gasteiger partial charge on any atom is -0.378 e. The van der Waals surface area contributed by atoms with Gasteiger partial charge in [0.15, 0.2) is 0 Å². The van der Waals surface area contributed by atoms with Gasteiger partial charge in [-0.3, -0.25) is 9.59 Å².